The average Bonchev–Trinajstić information content (AvgIpc) is 2.63. The summed E-state index contributed by atoms with van der Waals surface area (Å²) in [7, 11) is 5.61. The normalized spacial score (nSPS) is 12.0. The van der Waals surface area contributed by atoms with Crippen molar-refractivity contribution in [2.24, 2.45) is 0 Å². The summed E-state index contributed by atoms with van der Waals surface area (Å²) in [5.74, 6) is 0.907. The average molecular weight is 395 g/mol. The van der Waals surface area contributed by atoms with Crippen LogP contribution in [0.15, 0.2) is 48.5 Å². The van der Waals surface area contributed by atoms with Gasteiger partial charge in [-0.1, -0.05) is 18.2 Å². The zero-order valence-corrected chi connectivity index (χ0v) is 16.2. The molecule has 1 atom stereocenters. The predicted octanol–water partition coefficient (Wildman–Crippen LogP) is 3.89. The van der Waals surface area contributed by atoms with Crippen LogP contribution in [-0.4, -0.2) is 44.4 Å². The lowest BCUT2D eigenvalue weighted by Crippen LogP contribution is -2.36. The number of benzene rings is 2. The van der Waals surface area contributed by atoms with Crippen molar-refractivity contribution in [1.29, 1.82) is 0 Å². The van der Waals surface area contributed by atoms with Gasteiger partial charge in [-0.15, -0.1) is 0 Å². The molecule has 0 amide bonds. The fraction of sp³-hybridized carbons (Fsp3) is 0.316. The van der Waals surface area contributed by atoms with Gasteiger partial charge in [0.15, 0.2) is 5.11 Å². The quantitative estimate of drug-likeness (QED) is 0.662. The van der Waals surface area contributed by atoms with E-state index in [1.165, 1.54) is 12.1 Å². The van der Waals surface area contributed by atoms with E-state index in [4.69, 9.17) is 17.0 Å². The Labute approximate surface area is 163 Å². The summed E-state index contributed by atoms with van der Waals surface area (Å²) in [5, 5.41) is 6.64. The van der Waals surface area contributed by atoms with Crippen LogP contribution in [0.3, 0.4) is 0 Å². The molecule has 2 aromatic carbocycles. The van der Waals surface area contributed by atoms with Gasteiger partial charge in [0.25, 0.3) is 0 Å². The van der Waals surface area contributed by atoms with Crippen LogP contribution in [0.4, 0.5) is 14.5 Å². The van der Waals surface area contributed by atoms with Crippen molar-refractivity contribution in [2.45, 2.75) is 12.7 Å². The lowest BCUT2D eigenvalue weighted by atomic mass is 10.0. The van der Waals surface area contributed by atoms with Crippen LogP contribution in [0.25, 0.3) is 0 Å². The number of rotatable bonds is 8. The van der Waals surface area contributed by atoms with Gasteiger partial charge >= 0.3 is 6.61 Å². The highest BCUT2D eigenvalue weighted by molar-refractivity contribution is 7.80. The van der Waals surface area contributed by atoms with Crippen molar-refractivity contribution in [3.8, 4) is 11.5 Å². The Bertz CT molecular complexity index is 742. The molecule has 0 unspecified atom stereocenters. The first-order valence-corrected chi connectivity index (χ1v) is 8.70. The maximum Gasteiger partial charge on any atom is 0.387 e. The van der Waals surface area contributed by atoms with Crippen molar-refractivity contribution in [3.05, 3.63) is 54.1 Å². The minimum atomic E-state index is -2.84. The number of alkyl halides is 2. The molecule has 5 nitrogen and oxygen atoms in total. The van der Waals surface area contributed by atoms with E-state index in [0.29, 0.717) is 17.3 Å². The molecule has 0 spiro atoms. The van der Waals surface area contributed by atoms with Crippen LogP contribution >= 0.6 is 12.2 Å². The molecule has 0 saturated carbocycles. The van der Waals surface area contributed by atoms with Gasteiger partial charge in [0.2, 0.25) is 0 Å². The molecular weight excluding hydrogens is 372 g/mol. The van der Waals surface area contributed by atoms with Crippen LogP contribution in [0.2, 0.25) is 0 Å². The van der Waals surface area contributed by atoms with Crippen LogP contribution in [0, 0.1) is 0 Å². The Morgan fingerprint density at radius 2 is 1.78 bits per heavy atom. The Hall–Kier alpha value is -2.45. The van der Waals surface area contributed by atoms with E-state index in [1.54, 1.807) is 19.2 Å². The lowest BCUT2D eigenvalue weighted by molar-refractivity contribution is -0.0498. The summed E-state index contributed by atoms with van der Waals surface area (Å²) in [6, 6.07) is 14.0. The maximum atomic E-state index is 12.2. The molecule has 0 aliphatic carbocycles. The van der Waals surface area contributed by atoms with Gasteiger partial charge < -0.3 is 25.0 Å². The van der Waals surface area contributed by atoms with Crippen LogP contribution in [0.5, 0.6) is 11.5 Å². The summed E-state index contributed by atoms with van der Waals surface area (Å²) in [5.41, 5.74) is 1.72. The van der Waals surface area contributed by atoms with Gasteiger partial charge in [-0.25, -0.2) is 0 Å². The fourth-order valence-electron chi connectivity index (χ4n) is 2.60. The number of hydrogen-bond donors (Lipinski definition) is 2. The minimum Gasteiger partial charge on any atom is -0.496 e. The van der Waals surface area contributed by atoms with E-state index in [9.17, 15) is 8.78 Å². The molecule has 0 aromatic heterocycles. The second kappa shape index (κ2) is 10.0. The molecule has 0 heterocycles. The fourth-order valence-corrected chi connectivity index (χ4v) is 2.80. The molecule has 0 bridgehead atoms. The molecule has 8 heteroatoms. The standard InChI is InChI=1S/C19H23F2N3O2S/c1-24(2)16(15-6-4-5-7-17(15)25-3)12-22-19(27)23-13-8-10-14(11-9-13)26-18(20)21/h4-11,16,18H,12H2,1-3H3,(H2,22,23,27)/t16-/m1/s1. The molecular formula is C19H23F2N3O2S. The van der Waals surface area contributed by atoms with Crippen molar-refractivity contribution in [2.75, 3.05) is 33.1 Å². The van der Waals surface area contributed by atoms with Crippen LogP contribution < -0.4 is 20.1 Å². The molecule has 0 fully saturated rings. The third-order valence-electron chi connectivity index (χ3n) is 3.91. The summed E-state index contributed by atoms with van der Waals surface area (Å²) >= 11 is 5.33. The second-order valence-corrected chi connectivity index (χ2v) is 6.37. The number of nitrogens with one attached hydrogen (secondary N) is 2. The monoisotopic (exact) mass is 395 g/mol. The largest absolute Gasteiger partial charge is 0.496 e. The van der Waals surface area contributed by atoms with E-state index in [1.807, 2.05) is 38.4 Å². The number of methoxy groups -OCH3 is 1. The summed E-state index contributed by atoms with van der Waals surface area (Å²) in [4.78, 5) is 2.07. The number of nitrogens with zero attached hydrogens (tertiary/aromatic N) is 1. The van der Waals surface area contributed by atoms with Crippen molar-refractivity contribution in [1.82, 2.24) is 10.2 Å². The second-order valence-electron chi connectivity index (χ2n) is 5.96. The first-order chi connectivity index (χ1) is 12.9. The zero-order valence-electron chi connectivity index (χ0n) is 15.4. The van der Waals surface area contributed by atoms with E-state index in [0.717, 1.165) is 11.3 Å². The Morgan fingerprint density at radius 3 is 2.37 bits per heavy atom. The molecule has 0 saturated heterocycles. The number of hydrogen-bond acceptors (Lipinski definition) is 4. The van der Waals surface area contributed by atoms with Crippen molar-refractivity contribution in [3.63, 3.8) is 0 Å². The first-order valence-electron chi connectivity index (χ1n) is 8.29. The Morgan fingerprint density at radius 1 is 1.11 bits per heavy atom. The number of para-hydroxylation sites is 1. The molecule has 2 rings (SSSR count). The highest BCUT2D eigenvalue weighted by atomic mass is 32.1. The van der Waals surface area contributed by atoms with E-state index in [-0.39, 0.29) is 11.8 Å². The van der Waals surface area contributed by atoms with Gasteiger partial charge in [-0.3, -0.25) is 0 Å². The molecule has 0 aliphatic heterocycles. The van der Waals surface area contributed by atoms with Gasteiger partial charge in [0.05, 0.1) is 13.2 Å². The number of likely N-dealkylation sites (N-methyl/N-ethyl adjacent to an activating group) is 1. The van der Waals surface area contributed by atoms with Gasteiger partial charge in [0, 0.05) is 17.8 Å². The highest BCUT2D eigenvalue weighted by Crippen LogP contribution is 2.27. The molecule has 0 radical (unpaired) electrons. The van der Waals surface area contributed by atoms with Gasteiger partial charge in [0.1, 0.15) is 11.5 Å². The highest BCUT2D eigenvalue weighted by Gasteiger charge is 2.18. The smallest absolute Gasteiger partial charge is 0.387 e. The molecule has 2 N–H and O–H groups in total. The number of halogens is 2. The third-order valence-corrected chi connectivity index (χ3v) is 4.16. The number of thiocarbonyl (C=S) groups is 1. The molecule has 27 heavy (non-hydrogen) atoms. The number of ether oxygens (including phenoxy) is 2. The zero-order chi connectivity index (χ0) is 19.8. The Balaban J connectivity index is 1.96. The summed E-state index contributed by atoms with van der Waals surface area (Å²) in [6.45, 7) is -2.28. The van der Waals surface area contributed by atoms with Crippen molar-refractivity contribution >= 4 is 23.0 Å². The Kier molecular flexibility index (Phi) is 7.75. The van der Waals surface area contributed by atoms with Crippen LogP contribution in [0.1, 0.15) is 11.6 Å². The molecule has 0 aliphatic rings. The van der Waals surface area contributed by atoms with Gasteiger partial charge in [-0.05, 0) is 56.6 Å². The topological polar surface area (TPSA) is 45.8 Å². The van der Waals surface area contributed by atoms with Crippen LogP contribution in [-0.2, 0) is 0 Å². The summed E-state index contributed by atoms with van der Waals surface area (Å²) in [6.07, 6.45) is 0. The molecule has 146 valence electrons. The summed E-state index contributed by atoms with van der Waals surface area (Å²) < 4.78 is 34.1. The lowest BCUT2D eigenvalue weighted by Gasteiger charge is -2.27. The third kappa shape index (κ3) is 6.33. The van der Waals surface area contributed by atoms with E-state index < -0.39 is 6.61 Å². The minimum absolute atomic E-state index is 0.0442. The van der Waals surface area contributed by atoms with Gasteiger partial charge in [-0.2, -0.15) is 8.78 Å². The molecule has 2 aromatic rings. The first kappa shape index (κ1) is 20.9. The maximum absolute atomic E-state index is 12.2. The predicted molar refractivity (Wildman–Crippen MR) is 107 cm³/mol. The number of anilines is 1. The SMILES string of the molecule is COc1ccccc1[C@@H](CNC(=S)Nc1ccc(OC(F)F)cc1)N(C)C. The van der Waals surface area contributed by atoms with Crippen molar-refractivity contribution < 1.29 is 18.3 Å². The van der Waals surface area contributed by atoms with E-state index >= 15 is 0 Å². The van der Waals surface area contributed by atoms with E-state index in [2.05, 4.69) is 20.3 Å².